The minimum atomic E-state index is -0.0802. The van der Waals surface area contributed by atoms with Gasteiger partial charge in [0, 0.05) is 32.1 Å². The molecule has 0 bridgehead atoms. The van der Waals surface area contributed by atoms with E-state index < -0.39 is 0 Å². The third-order valence-electron chi connectivity index (χ3n) is 2.86. The molecule has 1 fully saturated rings. The summed E-state index contributed by atoms with van der Waals surface area (Å²) >= 11 is 0. The molecule has 1 aliphatic rings. The number of hydrogen-bond donors (Lipinski definition) is 2. The lowest BCUT2D eigenvalue weighted by Gasteiger charge is -2.26. The first kappa shape index (κ1) is 13.4. The third kappa shape index (κ3) is 4.92. The number of nitrogens with one attached hydrogen (secondary N) is 1. The van der Waals surface area contributed by atoms with Crippen LogP contribution in [-0.2, 0) is 9.53 Å². The van der Waals surface area contributed by atoms with Crippen molar-refractivity contribution in [3.8, 4) is 0 Å². The summed E-state index contributed by atoms with van der Waals surface area (Å²) in [5.74, 6) is -0.0205. The molecule has 0 aromatic heterocycles. The largest absolute Gasteiger partial charge is 0.379 e. The van der Waals surface area contributed by atoms with E-state index in [1.807, 2.05) is 6.92 Å². The van der Waals surface area contributed by atoms with E-state index in [2.05, 4.69) is 10.2 Å². The second kappa shape index (κ2) is 7.60. The fourth-order valence-electron chi connectivity index (χ4n) is 1.62. The molecule has 0 aromatic rings. The molecule has 0 saturated carbocycles. The van der Waals surface area contributed by atoms with Crippen molar-refractivity contribution < 1.29 is 9.53 Å². The van der Waals surface area contributed by atoms with Gasteiger partial charge in [0.15, 0.2) is 0 Å². The van der Waals surface area contributed by atoms with Crippen LogP contribution in [0, 0.1) is 5.92 Å². The van der Waals surface area contributed by atoms with Crippen LogP contribution in [0.25, 0.3) is 0 Å². The molecule has 0 spiro atoms. The number of carbonyl (C=O) groups excluding carboxylic acids is 1. The van der Waals surface area contributed by atoms with Gasteiger partial charge in [-0.15, -0.1) is 0 Å². The van der Waals surface area contributed by atoms with Gasteiger partial charge in [-0.1, -0.05) is 6.92 Å². The highest BCUT2D eigenvalue weighted by atomic mass is 16.5. The summed E-state index contributed by atoms with van der Waals surface area (Å²) in [6.07, 6.45) is 0.989. The molecular weight excluding hydrogens is 206 g/mol. The Labute approximate surface area is 97.3 Å². The highest BCUT2D eigenvalue weighted by Gasteiger charge is 2.11. The van der Waals surface area contributed by atoms with E-state index in [-0.39, 0.29) is 11.8 Å². The summed E-state index contributed by atoms with van der Waals surface area (Å²) in [5, 5.41) is 2.90. The van der Waals surface area contributed by atoms with Gasteiger partial charge in [0.05, 0.1) is 13.2 Å². The van der Waals surface area contributed by atoms with E-state index in [9.17, 15) is 4.79 Å². The molecule has 0 aliphatic carbocycles. The van der Waals surface area contributed by atoms with Crippen LogP contribution in [0.3, 0.4) is 0 Å². The molecule has 1 saturated heterocycles. The lowest BCUT2D eigenvalue weighted by molar-refractivity contribution is -0.124. The van der Waals surface area contributed by atoms with Crippen molar-refractivity contribution in [2.75, 3.05) is 45.9 Å². The summed E-state index contributed by atoms with van der Waals surface area (Å²) in [6.45, 7) is 7.70. The SMILES string of the molecule is CC(CN)C(=O)NCCCN1CCOCC1. The molecule has 0 radical (unpaired) electrons. The molecule has 1 amide bonds. The van der Waals surface area contributed by atoms with Crippen LogP contribution >= 0.6 is 0 Å². The van der Waals surface area contributed by atoms with Crippen molar-refractivity contribution in [1.82, 2.24) is 10.2 Å². The predicted octanol–water partition coefficient (Wildman–Crippen LogP) is -0.580. The van der Waals surface area contributed by atoms with E-state index in [1.54, 1.807) is 0 Å². The Kier molecular flexibility index (Phi) is 6.37. The van der Waals surface area contributed by atoms with Crippen LogP contribution in [0.4, 0.5) is 0 Å². The van der Waals surface area contributed by atoms with Crippen LogP contribution in [0.2, 0.25) is 0 Å². The molecule has 1 atom stereocenters. The zero-order chi connectivity index (χ0) is 11.8. The molecule has 0 aromatic carbocycles. The van der Waals surface area contributed by atoms with Gasteiger partial charge >= 0.3 is 0 Å². The molecular formula is C11H23N3O2. The molecule has 3 N–H and O–H groups in total. The summed E-state index contributed by atoms with van der Waals surface area (Å²) in [5.41, 5.74) is 5.41. The smallest absolute Gasteiger partial charge is 0.224 e. The molecule has 1 aliphatic heterocycles. The topological polar surface area (TPSA) is 67.6 Å². The fourth-order valence-corrected chi connectivity index (χ4v) is 1.62. The van der Waals surface area contributed by atoms with Crippen LogP contribution in [0.15, 0.2) is 0 Å². The van der Waals surface area contributed by atoms with Crippen molar-refractivity contribution in [3.05, 3.63) is 0 Å². The maximum absolute atomic E-state index is 11.4. The van der Waals surface area contributed by atoms with E-state index in [0.717, 1.165) is 45.8 Å². The third-order valence-corrected chi connectivity index (χ3v) is 2.86. The van der Waals surface area contributed by atoms with Crippen molar-refractivity contribution >= 4 is 5.91 Å². The van der Waals surface area contributed by atoms with Gasteiger partial charge in [-0.3, -0.25) is 9.69 Å². The van der Waals surface area contributed by atoms with E-state index >= 15 is 0 Å². The monoisotopic (exact) mass is 229 g/mol. The Balaban J connectivity index is 2.00. The van der Waals surface area contributed by atoms with E-state index in [0.29, 0.717) is 6.54 Å². The number of carbonyl (C=O) groups is 1. The molecule has 5 heteroatoms. The average Bonchev–Trinajstić information content (AvgIpc) is 2.34. The van der Waals surface area contributed by atoms with Gasteiger partial charge in [0.2, 0.25) is 5.91 Å². The van der Waals surface area contributed by atoms with Gasteiger partial charge < -0.3 is 15.8 Å². The summed E-state index contributed by atoms with van der Waals surface area (Å²) in [4.78, 5) is 13.8. The lowest BCUT2D eigenvalue weighted by atomic mass is 10.1. The molecule has 16 heavy (non-hydrogen) atoms. The predicted molar refractivity (Wildman–Crippen MR) is 63.1 cm³/mol. The molecule has 5 nitrogen and oxygen atoms in total. The zero-order valence-electron chi connectivity index (χ0n) is 10.1. The quantitative estimate of drug-likeness (QED) is 0.598. The first-order valence-electron chi connectivity index (χ1n) is 6.02. The zero-order valence-corrected chi connectivity index (χ0v) is 10.1. The standard InChI is InChI=1S/C11H23N3O2/c1-10(9-12)11(15)13-3-2-4-14-5-7-16-8-6-14/h10H,2-9,12H2,1H3,(H,13,15). The Bertz CT molecular complexity index is 205. The second-order valence-electron chi connectivity index (χ2n) is 4.24. The van der Waals surface area contributed by atoms with Gasteiger partial charge in [-0.05, 0) is 13.0 Å². The highest BCUT2D eigenvalue weighted by Crippen LogP contribution is 1.97. The van der Waals surface area contributed by atoms with Gasteiger partial charge in [-0.25, -0.2) is 0 Å². The Morgan fingerprint density at radius 2 is 2.19 bits per heavy atom. The number of ether oxygens (including phenoxy) is 1. The van der Waals surface area contributed by atoms with Crippen LogP contribution in [0.5, 0.6) is 0 Å². The van der Waals surface area contributed by atoms with Crippen molar-refractivity contribution in [2.24, 2.45) is 11.7 Å². The maximum Gasteiger partial charge on any atom is 0.224 e. The highest BCUT2D eigenvalue weighted by molar-refractivity contribution is 5.78. The summed E-state index contributed by atoms with van der Waals surface area (Å²) in [7, 11) is 0. The molecule has 94 valence electrons. The first-order valence-corrected chi connectivity index (χ1v) is 6.02. The average molecular weight is 229 g/mol. The Hall–Kier alpha value is -0.650. The van der Waals surface area contributed by atoms with Crippen molar-refractivity contribution in [3.63, 3.8) is 0 Å². The fraction of sp³-hybridized carbons (Fsp3) is 0.909. The first-order chi connectivity index (χ1) is 7.74. The minimum Gasteiger partial charge on any atom is -0.379 e. The second-order valence-corrected chi connectivity index (χ2v) is 4.24. The number of nitrogens with zero attached hydrogens (tertiary/aromatic N) is 1. The normalized spacial score (nSPS) is 19.4. The van der Waals surface area contributed by atoms with E-state index in [4.69, 9.17) is 10.5 Å². The summed E-state index contributed by atoms with van der Waals surface area (Å²) in [6, 6.07) is 0. The lowest BCUT2D eigenvalue weighted by Crippen LogP contribution is -2.39. The van der Waals surface area contributed by atoms with E-state index in [1.165, 1.54) is 0 Å². The minimum absolute atomic E-state index is 0.0597. The van der Waals surface area contributed by atoms with Crippen molar-refractivity contribution in [2.45, 2.75) is 13.3 Å². The van der Waals surface area contributed by atoms with Gasteiger partial charge in [-0.2, -0.15) is 0 Å². The van der Waals surface area contributed by atoms with Crippen LogP contribution in [0.1, 0.15) is 13.3 Å². The van der Waals surface area contributed by atoms with Crippen LogP contribution in [-0.4, -0.2) is 56.7 Å². The number of nitrogens with two attached hydrogens (primary N) is 1. The Morgan fingerprint density at radius 1 is 1.50 bits per heavy atom. The van der Waals surface area contributed by atoms with Crippen LogP contribution < -0.4 is 11.1 Å². The molecule has 1 heterocycles. The number of morpholine rings is 1. The maximum atomic E-state index is 11.4. The number of hydrogen-bond acceptors (Lipinski definition) is 4. The van der Waals surface area contributed by atoms with Crippen molar-refractivity contribution in [1.29, 1.82) is 0 Å². The summed E-state index contributed by atoms with van der Waals surface area (Å²) < 4.78 is 5.26. The van der Waals surface area contributed by atoms with Gasteiger partial charge in [0.1, 0.15) is 0 Å². The number of rotatable bonds is 6. The number of amides is 1. The van der Waals surface area contributed by atoms with Gasteiger partial charge in [0.25, 0.3) is 0 Å². The molecule has 1 rings (SSSR count). The Morgan fingerprint density at radius 3 is 2.81 bits per heavy atom. The molecule has 1 unspecified atom stereocenters.